The number of nitrogens with zero attached hydrogens (tertiary/aromatic N) is 4. The van der Waals surface area contributed by atoms with E-state index < -0.39 is 0 Å². The monoisotopic (exact) mass is 219 g/mol. The van der Waals surface area contributed by atoms with Crippen molar-refractivity contribution in [2.45, 2.75) is 13.5 Å². The summed E-state index contributed by atoms with van der Waals surface area (Å²) in [4.78, 5) is 11.6. The van der Waals surface area contributed by atoms with Crippen molar-refractivity contribution in [2.24, 2.45) is 7.05 Å². The molecule has 16 heavy (non-hydrogen) atoms. The molecule has 0 fully saturated rings. The highest BCUT2D eigenvalue weighted by atomic mass is 16.2. The topological polar surface area (TPSA) is 64.7 Å². The summed E-state index contributed by atoms with van der Waals surface area (Å²) in [5.41, 5.74) is 0.955. The first-order valence-corrected chi connectivity index (χ1v) is 4.93. The molecule has 0 unspecified atom stereocenters. The van der Waals surface area contributed by atoms with Crippen LogP contribution in [0.5, 0.6) is 0 Å². The zero-order valence-corrected chi connectivity index (χ0v) is 9.21. The first-order chi connectivity index (χ1) is 7.65. The Morgan fingerprint density at radius 3 is 2.88 bits per heavy atom. The fraction of sp³-hybridized carbons (Fsp3) is 0.300. The zero-order valence-electron chi connectivity index (χ0n) is 9.21. The van der Waals surface area contributed by atoms with Crippen LogP contribution in [0, 0.1) is 6.92 Å². The first kappa shape index (κ1) is 10.4. The van der Waals surface area contributed by atoms with Gasteiger partial charge in [0, 0.05) is 31.2 Å². The summed E-state index contributed by atoms with van der Waals surface area (Å²) in [6, 6.07) is 3.60. The average Bonchev–Trinajstić information content (AvgIpc) is 2.77. The number of amides is 1. The smallest absolute Gasteiger partial charge is 0.247 e. The summed E-state index contributed by atoms with van der Waals surface area (Å²) < 4.78 is 3.27. The van der Waals surface area contributed by atoms with Gasteiger partial charge >= 0.3 is 0 Å². The molecule has 0 saturated heterocycles. The van der Waals surface area contributed by atoms with Gasteiger partial charge in [0.15, 0.2) is 5.82 Å². The summed E-state index contributed by atoms with van der Waals surface area (Å²) >= 11 is 0. The third-order valence-corrected chi connectivity index (χ3v) is 2.20. The van der Waals surface area contributed by atoms with Crippen molar-refractivity contribution >= 4 is 11.7 Å². The summed E-state index contributed by atoms with van der Waals surface area (Å²) in [5, 5.41) is 10.8. The summed E-state index contributed by atoms with van der Waals surface area (Å²) in [6.45, 7) is 2.11. The van der Waals surface area contributed by atoms with Gasteiger partial charge in [-0.2, -0.15) is 10.2 Å². The molecule has 0 spiro atoms. The Kier molecular flexibility index (Phi) is 2.72. The number of anilines is 1. The van der Waals surface area contributed by atoms with E-state index in [1.165, 1.54) is 0 Å². The first-order valence-electron chi connectivity index (χ1n) is 4.93. The molecule has 0 aliphatic heterocycles. The Bertz CT molecular complexity index is 499. The van der Waals surface area contributed by atoms with Crippen LogP contribution in [0.2, 0.25) is 0 Å². The summed E-state index contributed by atoms with van der Waals surface area (Å²) in [5.74, 6) is 0.419. The van der Waals surface area contributed by atoms with Crippen molar-refractivity contribution < 1.29 is 4.79 Å². The molecular weight excluding hydrogens is 206 g/mol. The van der Waals surface area contributed by atoms with Gasteiger partial charge in [-0.3, -0.25) is 14.2 Å². The molecule has 0 aliphatic carbocycles. The van der Waals surface area contributed by atoms with Gasteiger partial charge in [-0.15, -0.1) is 0 Å². The van der Waals surface area contributed by atoms with Gasteiger partial charge in [0.05, 0.1) is 0 Å². The molecule has 0 aromatic carbocycles. The predicted octanol–water partition coefficient (Wildman–Crippen LogP) is 0.564. The van der Waals surface area contributed by atoms with Crippen molar-refractivity contribution in [3.63, 3.8) is 0 Å². The van der Waals surface area contributed by atoms with Crippen LogP contribution in [0.4, 0.5) is 5.82 Å². The van der Waals surface area contributed by atoms with Crippen molar-refractivity contribution in [1.29, 1.82) is 0 Å². The molecule has 84 valence electrons. The molecule has 2 heterocycles. The molecule has 0 radical (unpaired) electrons. The van der Waals surface area contributed by atoms with Gasteiger partial charge in [-0.25, -0.2) is 0 Å². The average molecular weight is 219 g/mol. The molecule has 0 bridgehead atoms. The van der Waals surface area contributed by atoms with Crippen LogP contribution >= 0.6 is 0 Å². The number of nitrogens with one attached hydrogen (secondary N) is 1. The Morgan fingerprint density at radius 2 is 2.31 bits per heavy atom. The van der Waals surface area contributed by atoms with Crippen molar-refractivity contribution in [2.75, 3.05) is 5.32 Å². The van der Waals surface area contributed by atoms with E-state index in [0.29, 0.717) is 5.82 Å². The molecule has 1 amide bonds. The van der Waals surface area contributed by atoms with Crippen LogP contribution in [0.1, 0.15) is 5.69 Å². The molecule has 1 N–H and O–H groups in total. The van der Waals surface area contributed by atoms with Crippen LogP contribution in [0.25, 0.3) is 0 Å². The number of aryl methyl sites for hydroxylation is 2. The molecular formula is C10H13N5O. The lowest BCUT2D eigenvalue weighted by Crippen LogP contribution is -2.20. The number of aromatic nitrogens is 4. The molecule has 2 aromatic rings. The number of rotatable bonds is 3. The Balaban J connectivity index is 1.97. The SMILES string of the molecule is Cc1ccnn1CC(=O)Nc1ccn(C)n1. The van der Waals surface area contributed by atoms with Crippen LogP contribution in [-0.2, 0) is 18.4 Å². The highest BCUT2D eigenvalue weighted by molar-refractivity contribution is 5.89. The maximum atomic E-state index is 11.6. The van der Waals surface area contributed by atoms with E-state index in [0.717, 1.165) is 5.69 Å². The third-order valence-electron chi connectivity index (χ3n) is 2.20. The Labute approximate surface area is 92.9 Å². The van der Waals surface area contributed by atoms with Crippen molar-refractivity contribution in [3.05, 3.63) is 30.2 Å². The van der Waals surface area contributed by atoms with E-state index in [9.17, 15) is 4.79 Å². The molecule has 0 atom stereocenters. The van der Waals surface area contributed by atoms with E-state index in [2.05, 4.69) is 15.5 Å². The van der Waals surface area contributed by atoms with Crippen molar-refractivity contribution in [1.82, 2.24) is 19.6 Å². The lowest BCUT2D eigenvalue weighted by atomic mass is 10.4. The maximum absolute atomic E-state index is 11.6. The van der Waals surface area contributed by atoms with Crippen LogP contribution in [-0.4, -0.2) is 25.5 Å². The highest BCUT2D eigenvalue weighted by Gasteiger charge is 2.06. The largest absolute Gasteiger partial charge is 0.308 e. The molecule has 6 heteroatoms. The summed E-state index contributed by atoms with van der Waals surface area (Å²) in [6.07, 6.45) is 3.44. The fourth-order valence-corrected chi connectivity index (χ4v) is 1.36. The lowest BCUT2D eigenvalue weighted by Gasteiger charge is -2.03. The van der Waals surface area contributed by atoms with Crippen LogP contribution in [0.15, 0.2) is 24.5 Å². The van der Waals surface area contributed by atoms with Gasteiger partial charge in [0.1, 0.15) is 6.54 Å². The molecule has 0 saturated carbocycles. The van der Waals surface area contributed by atoms with Gasteiger partial charge < -0.3 is 5.32 Å². The summed E-state index contributed by atoms with van der Waals surface area (Å²) in [7, 11) is 1.80. The molecule has 0 aliphatic rings. The standard InChI is InChI=1S/C10H13N5O/c1-8-3-5-11-15(8)7-10(16)12-9-4-6-14(2)13-9/h3-6H,7H2,1-2H3,(H,12,13,16). The van der Waals surface area contributed by atoms with E-state index in [-0.39, 0.29) is 12.5 Å². The second-order valence-electron chi connectivity index (χ2n) is 3.55. The third kappa shape index (κ3) is 2.28. The fourth-order valence-electron chi connectivity index (χ4n) is 1.36. The van der Waals surface area contributed by atoms with Crippen LogP contribution < -0.4 is 5.32 Å². The zero-order chi connectivity index (χ0) is 11.5. The second-order valence-corrected chi connectivity index (χ2v) is 3.55. The van der Waals surface area contributed by atoms with E-state index >= 15 is 0 Å². The molecule has 6 nitrogen and oxygen atoms in total. The number of carbonyl (C=O) groups excluding carboxylic acids is 1. The van der Waals surface area contributed by atoms with E-state index in [1.54, 1.807) is 34.9 Å². The number of hydrogen-bond donors (Lipinski definition) is 1. The van der Waals surface area contributed by atoms with Gasteiger partial charge in [0.2, 0.25) is 5.91 Å². The number of hydrogen-bond acceptors (Lipinski definition) is 3. The minimum absolute atomic E-state index is 0.134. The maximum Gasteiger partial charge on any atom is 0.247 e. The minimum Gasteiger partial charge on any atom is -0.308 e. The number of carbonyl (C=O) groups is 1. The lowest BCUT2D eigenvalue weighted by molar-refractivity contribution is -0.117. The van der Waals surface area contributed by atoms with Crippen molar-refractivity contribution in [3.8, 4) is 0 Å². The highest BCUT2D eigenvalue weighted by Crippen LogP contribution is 2.02. The van der Waals surface area contributed by atoms with Gasteiger partial charge in [-0.1, -0.05) is 0 Å². The van der Waals surface area contributed by atoms with Gasteiger partial charge in [0.25, 0.3) is 0 Å². The normalized spacial score (nSPS) is 10.4. The quantitative estimate of drug-likeness (QED) is 0.820. The van der Waals surface area contributed by atoms with E-state index in [4.69, 9.17) is 0 Å². The molecule has 2 aromatic heterocycles. The predicted molar refractivity (Wildman–Crippen MR) is 58.8 cm³/mol. The van der Waals surface area contributed by atoms with E-state index in [1.807, 2.05) is 13.0 Å². The van der Waals surface area contributed by atoms with Crippen LogP contribution in [0.3, 0.4) is 0 Å². The minimum atomic E-state index is -0.134. The molecule has 2 rings (SSSR count). The Hall–Kier alpha value is -2.11. The Morgan fingerprint density at radius 1 is 1.50 bits per heavy atom. The van der Waals surface area contributed by atoms with Gasteiger partial charge in [-0.05, 0) is 13.0 Å². The second kappa shape index (κ2) is 4.18.